The Labute approximate surface area is 107 Å². The van der Waals surface area contributed by atoms with E-state index in [0.717, 1.165) is 12.2 Å². The molecule has 0 radical (unpaired) electrons. The van der Waals surface area contributed by atoms with E-state index in [0.29, 0.717) is 5.56 Å². The van der Waals surface area contributed by atoms with Gasteiger partial charge in [0.05, 0.1) is 6.04 Å². The smallest absolute Gasteiger partial charge is 0.180 e. The van der Waals surface area contributed by atoms with Gasteiger partial charge in [0.25, 0.3) is 0 Å². The molecule has 0 saturated carbocycles. The van der Waals surface area contributed by atoms with Crippen LogP contribution in [0.25, 0.3) is 0 Å². The molecular weight excluding hydrogens is 230 g/mol. The van der Waals surface area contributed by atoms with Crippen molar-refractivity contribution in [3.63, 3.8) is 0 Å². The molecule has 0 aliphatic heterocycles. The van der Waals surface area contributed by atoms with E-state index >= 15 is 0 Å². The van der Waals surface area contributed by atoms with Crippen LogP contribution in [0.15, 0.2) is 43.0 Å². The lowest BCUT2D eigenvalue weighted by Crippen LogP contribution is -2.40. The molecule has 2 unspecified atom stereocenters. The first-order chi connectivity index (χ1) is 8.20. The van der Waals surface area contributed by atoms with Gasteiger partial charge < -0.3 is 5.73 Å². The predicted molar refractivity (Wildman–Crippen MR) is 75.5 cm³/mol. The Morgan fingerprint density at radius 3 is 2.65 bits per heavy atom. The van der Waals surface area contributed by atoms with E-state index in [1.54, 1.807) is 11.8 Å². The molecule has 17 heavy (non-hydrogen) atoms. The van der Waals surface area contributed by atoms with Crippen LogP contribution in [0.1, 0.15) is 23.7 Å². The fourth-order valence-electron chi connectivity index (χ4n) is 1.63. The minimum atomic E-state index is -0.438. The number of hydrogen-bond donors (Lipinski definition) is 1. The second-order valence-corrected chi connectivity index (χ2v) is 5.10. The van der Waals surface area contributed by atoms with Crippen LogP contribution in [0.2, 0.25) is 0 Å². The maximum atomic E-state index is 12.1. The molecule has 1 aromatic carbocycles. The van der Waals surface area contributed by atoms with Crippen molar-refractivity contribution in [1.82, 2.24) is 0 Å². The molecule has 0 aliphatic carbocycles. The minimum Gasteiger partial charge on any atom is -0.320 e. The monoisotopic (exact) mass is 249 g/mol. The van der Waals surface area contributed by atoms with Crippen LogP contribution >= 0.6 is 11.8 Å². The number of nitrogens with two attached hydrogens (primary N) is 1. The molecule has 0 heterocycles. The van der Waals surface area contributed by atoms with Crippen LogP contribution in [0.3, 0.4) is 0 Å². The van der Waals surface area contributed by atoms with E-state index in [9.17, 15) is 4.79 Å². The van der Waals surface area contributed by atoms with Crippen molar-refractivity contribution in [2.45, 2.75) is 24.6 Å². The number of hydrogen-bond acceptors (Lipinski definition) is 3. The van der Waals surface area contributed by atoms with Gasteiger partial charge in [-0.05, 0) is 6.42 Å². The van der Waals surface area contributed by atoms with Crippen molar-refractivity contribution in [2.75, 3.05) is 5.75 Å². The van der Waals surface area contributed by atoms with Crippen molar-refractivity contribution in [1.29, 1.82) is 0 Å². The van der Waals surface area contributed by atoms with Crippen molar-refractivity contribution in [3.8, 4) is 0 Å². The third-order valence-electron chi connectivity index (χ3n) is 2.59. The van der Waals surface area contributed by atoms with Crippen LogP contribution in [-0.2, 0) is 0 Å². The Bertz CT molecular complexity index is 364. The van der Waals surface area contributed by atoms with Crippen molar-refractivity contribution < 1.29 is 4.79 Å². The number of carbonyl (C=O) groups excluding carboxylic acids is 1. The third-order valence-corrected chi connectivity index (χ3v) is 4.07. The highest BCUT2D eigenvalue weighted by Crippen LogP contribution is 2.19. The summed E-state index contributed by atoms with van der Waals surface area (Å²) in [5.41, 5.74) is 6.73. The normalized spacial score (nSPS) is 14.0. The first-order valence-corrected chi connectivity index (χ1v) is 6.83. The topological polar surface area (TPSA) is 43.1 Å². The van der Waals surface area contributed by atoms with Gasteiger partial charge in [-0.1, -0.05) is 43.3 Å². The fourth-order valence-corrected chi connectivity index (χ4v) is 2.58. The van der Waals surface area contributed by atoms with Crippen LogP contribution < -0.4 is 5.73 Å². The molecule has 0 aromatic heterocycles. The van der Waals surface area contributed by atoms with E-state index in [1.807, 2.05) is 36.4 Å². The highest BCUT2D eigenvalue weighted by molar-refractivity contribution is 8.00. The van der Waals surface area contributed by atoms with Crippen LogP contribution in [0.5, 0.6) is 0 Å². The Kier molecular flexibility index (Phi) is 6.01. The van der Waals surface area contributed by atoms with Crippen molar-refractivity contribution in [3.05, 3.63) is 48.6 Å². The van der Waals surface area contributed by atoms with Crippen LogP contribution in [-0.4, -0.2) is 22.8 Å². The van der Waals surface area contributed by atoms with Gasteiger partial charge in [-0.25, -0.2) is 0 Å². The molecule has 2 atom stereocenters. The predicted octanol–water partition coefficient (Wildman–Crippen LogP) is 2.89. The average Bonchev–Trinajstić information content (AvgIpc) is 2.39. The molecular formula is C14H19NOS. The van der Waals surface area contributed by atoms with E-state index in [-0.39, 0.29) is 11.0 Å². The van der Waals surface area contributed by atoms with Crippen molar-refractivity contribution in [2.24, 2.45) is 5.73 Å². The second-order valence-electron chi connectivity index (χ2n) is 3.82. The number of benzene rings is 1. The zero-order chi connectivity index (χ0) is 12.7. The minimum absolute atomic E-state index is 0.0222. The summed E-state index contributed by atoms with van der Waals surface area (Å²) in [5.74, 6) is 0.850. The molecule has 2 N–H and O–H groups in total. The lowest BCUT2D eigenvalue weighted by atomic mass is 10.0. The molecule has 1 rings (SSSR count). The maximum Gasteiger partial charge on any atom is 0.180 e. The molecule has 0 fully saturated rings. The SMILES string of the molecule is C=CCSC(CC)C(N)C(=O)c1ccccc1. The fraction of sp³-hybridized carbons (Fsp3) is 0.357. The second kappa shape index (κ2) is 7.30. The van der Waals surface area contributed by atoms with Crippen molar-refractivity contribution >= 4 is 17.5 Å². The number of ketones is 1. The number of thioether (sulfide) groups is 1. The first kappa shape index (κ1) is 14.0. The molecule has 0 amide bonds. The highest BCUT2D eigenvalue weighted by Gasteiger charge is 2.23. The molecule has 0 saturated heterocycles. The van der Waals surface area contributed by atoms with E-state index in [4.69, 9.17) is 5.73 Å². The molecule has 0 spiro atoms. The van der Waals surface area contributed by atoms with Crippen LogP contribution in [0, 0.1) is 0 Å². The summed E-state index contributed by atoms with van der Waals surface area (Å²) in [6.07, 6.45) is 2.73. The quantitative estimate of drug-likeness (QED) is 0.597. The Balaban J connectivity index is 2.70. The summed E-state index contributed by atoms with van der Waals surface area (Å²) in [6.45, 7) is 5.74. The summed E-state index contributed by atoms with van der Waals surface area (Å²) >= 11 is 1.69. The number of carbonyl (C=O) groups is 1. The zero-order valence-electron chi connectivity index (χ0n) is 10.1. The standard InChI is InChI=1S/C14H19NOS/c1-3-10-17-12(4-2)13(15)14(16)11-8-6-5-7-9-11/h3,5-9,12-13H,1,4,10,15H2,2H3. The van der Waals surface area contributed by atoms with E-state index in [2.05, 4.69) is 13.5 Å². The van der Waals surface area contributed by atoms with Gasteiger partial charge in [0.15, 0.2) is 5.78 Å². The Morgan fingerprint density at radius 2 is 2.12 bits per heavy atom. The Morgan fingerprint density at radius 1 is 1.47 bits per heavy atom. The summed E-state index contributed by atoms with van der Waals surface area (Å²) in [6, 6.07) is 8.80. The molecule has 1 aromatic rings. The molecule has 2 nitrogen and oxygen atoms in total. The zero-order valence-corrected chi connectivity index (χ0v) is 11.0. The highest BCUT2D eigenvalue weighted by atomic mass is 32.2. The van der Waals surface area contributed by atoms with Gasteiger partial charge in [0.1, 0.15) is 0 Å². The summed E-state index contributed by atoms with van der Waals surface area (Å²) in [4.78, 5) is 12.1. The van der Waals surface area contributed by atoms with E-state index < -0.39 is 6.04 Å². The first-order valence-electron chi connectivity index (χ1n) is 5.78. The summed E-state index contributed by atoms with van der Waals surface area (Å²) in [5, 5.41) is 0.153. The summed E-state index contributed by atoms with van der Waals surface area (Å²) < 4.78 is 0. The third kappa shape index (κ3) is 4.02. The molecule has 0 bridgehead atoms. The van der Waals surface area contributed by atoms with Gasteiger partial charge in [-0.2, -0.15) is 11.8 Å². The van der Waals surface area contributed by atoms with Gasteiger partial charge in [-0.3, -0.25) is 4.79 Å². The van der Waals surface area contributed by atoms with Gasteiger partial charge in [0, 0.05) is 16.6 Å². The van der Waals surface area contributed by atoms with Gasteiger partial charge >= 0.3 is 0 Å². The number of Topliss-reactive ketones (excluding diaryl/α,β-unsaturated/α-hetero) is 1. The maximum absolute atomic E-state index is 12.1. The van der Waals surface area contributed by atoms with Crippen LogP contribution in [0.4, 0.5) is 0 Å². The molecule has 92 valence electrons. The lowest BCUT2D eigenvalue weighted by Gasteiger charge is -2.20. The lowest BCUT2D eigenvalue weighted by molar-refractivity contribution is 0.0959. The summed E-state index contributed by atoms with van der Waals surface area (Å²) in [7, 11) is 0. The van der Waals surface area contributed by atoms with Gasteiger partial charge in [-0.15, -0.1) is 6.58 Å². The average molecular weight is 249 g/mol. The largest absolute Gasteiger partial charge is 0.320 e. The van der Waals surface area contributed by atoms with Gasteiger partial charge in [0.2, 0.25) is 0 Å². The molecule has 3 heteroatoms. The Hall–Kier alpha value is -1.06. The molecule has 0 aliphatic rings. The number of rotatable bonds is 7. The van der Waals surface area contributed by atoms with E-state index in [1.165, 1.54) is 0 Å².